The van der Waals surface area contributed by atoms with Crippen LogP contribution in [0.4, 0.5) is 0 Å². The second-order valence-electron chi connectivity index (χ2n) is 21.7. The van der Waals surface area contributed by atoms with E-state index >= 15 is 0 Å². The minimum Gasteiger partial charge on any atom is -0.387 e. The van der Waals surface area contributed by atoms with Gasteiger partial charge in [0.15, 0.2) is 0 Å². The van der Waals surface area contributed by atoms with Gasteiger partial charge in [-0.3, -0.25) is 13.8 Å². The molecule has 0 aliphatic carbocycles. The van der Waals surface area contributed by atoms with E-state index < -0.39 is 20.0 Å². The monoisotopic (exact) mass is 970 g/mol. The second kappa shape index (κ2) is 50.2. The molecule has 0 aromatic carbocycles. The lowest BCUT2D eigenvalue weighted by atomic mass is 10.0. The highest BCUT2D eigenvalue weighted by Crippen LogP contribution is 2.43. The van der Waals surface area contributed by atoms with Gasteiger partial charge in [0.25, 0.3) is 0 Å². The van der Waals surface area contributed by atoms with Crippen LogP contribution in [0.25, 0.3) is 0 Å². The van der Waals surface area contributed by atoms with Crippen LogP contribution in [-0.4, -0.2) is 73.4 Å². The van der Waals surface area contributed by atoms with E-state index in [1.165, 1.54) is 244 Å². The maximum absolute atomic E-state index is 13.0. The topological polar surface area (TPSA) is 105 Å². The van der Waals surface area contributed by atoms with Gasteiger partial charge in [0, 0.05) is 6.42 Å². The summed E-state index contributed by atoms with van der Waals surface area (Å²) in [6.07, 6.45) is 61.9. The molecule has 0 aromatic rings. The van der Waals surface area contributed by atoms with Crippen molar-refractivity contribution >= 4 is 13.7 Å². The Morgan fingerprint density at radius 2 is 0.791 bits per heavy atom. The zero-order valence-electron chi connectivity index (χ0n) is 45.7. The first-order valence-corrected chi connectivity index (χ1v) is 31.1. The molecule has 0 heterocycles. The van der Waals surface area contributed by atoms with E-state index in [1.54, 1.807) is 6.08 Å². The molecule has 9 heteroatoms. The number of allylic oxidation sites excluding steroid dienone is 1. The minimum absolute atomic E-state index is 0.0649. The molecule has 3 N–H and O–H groups in total. The molecule has 0 spiro atoms. The van der Waals surface area contributed by atoms with Crippen LogP contribution < -0.4 is 5.32 Å². The maximum atomic E-state index is 13.0. The quantitative estimate of drug-likeness (QED) is 0.0243. The normalized spacial score (nSPS) is 14.0. The molecule has 0 saturated carbocycles. The Bertz CT molecular complexity index is 1100. The van der Waals surface area contributed by atoms with Crippen molar-refractivity contribution in [1.29, 1.82) is 0 Å². The summed E-state index contributed by atoms with van der Waals surface area (Å²) in [4.78, 5) is 23.2. The van der Waals surface area contributed by atoms with E-state index in [-0.39, 0.29) is 19.1 Å². The predicted octanol–water partition coefficient (Wildman–Crippen LogP) is 17.8. The number of hydrogen-bond acceptors (Lipinski definition) is 5. The van der Waals surface area contributed by atoms with Crippen LogP contribution in [0.15, 0.2) is 12.2 Å². The number of aliphatic hydroxyl groups excluding tert-OH is 1. The Morgan fingerprint density at radius 1 is 0.493 bits per heavy atom. The zero-order chi connectivity index (χ0) is 49.2. The van der Waals surface area contributed by atoms with Crippen LogP contribution in [-0.2, 0) is 18.4 Å². The van der Waals surface area contributed by atoms with Crippen molar-refractivity contribution in [1.82, 2.24) is 5.32 Å². The van der Waals surface area contributed by atoms with E-state index in [9.17, 15) is 19.4 Å². The van der Waals surface area contributed by atoms with Crippen LogP contribution in [0.3, 0.4) is 0 Å². The first-order chi connectivity index (χ1) is 32.5. The summed E-state index contributed by atoms with van der Waals surface area (Å²) in [6, 6.07) is -0.841. The standard InChI is InChI=1S/C58H117N2O6P/c1-6-8-10-12-14-16-18-20-21-22-23-24-25-26-27-28-29-30-31-32-33-34-35-36-37-38-40-42-44-46-48-50-52-58(62)59-56(55-66-67(63,64)65-54-53-60(3,4)5)57(61)51-49-47-45-43-41-39-19-17-15-13-11-9-7-2/h49,51,56-57,61H,6-48,50,52-55H2,1-5H3,(H-,59,62,63,64)/p+1/b51-49+. The van der Waals surface area contributed by atoms with Crippen molar-refractivity contribution in [2.75, 3.05) is 40.9 Å². The molecular formula is C58H118N2O6P+. The number of carbonyl (C=O) groups is 1. The molecule has 3 atom stereocenters. The smallest absolute Gasteiger partial charge is 0.387 e. The van der Waals surface area contributed by atoms with Gasteiger partial charge in [-0.15, -0.1) is 0 Å². The lowest BCUT2D eigenvalue weighted by Gasteiger charge is -2.25. The molecule has 0 bridgehead atoms. The number of carbonyl (C=O) groups excluding carboxylic acids is 1. The van der Waals surface area contributed by atoms with Gasteiger partial charge < -0.3 is 19.8 Å². The highest BCUT2D eigenvalue weighted by atomic mass is 31.2. The van der Waals surface area contributed by atoms with Crippen molar-refractivity contribution < 1.29 is 32.9 Å². The summed E-state index contributed by atoms with van der Waals surface area (Å²) in [5.41, 5.74) is 0. The Labute approximate surface area is 418 Å². The number of amides is 1. The van der Waals surface area contributed by atoms with Crippen molar-refractivity contribution in [2.24, 2.45) is 0 Å². The summed E-state index contributed by atoms with van der Waals surface area (Å²) in [7, 11) is 1.59. The van der Waals surface area contributed by atoms with Gasteiger partial charge in [-0.05, 0) is 19.3 Å². The fourth-order valence-corrected chi connectivity index (χ4v) is 9.84. The molecule has 0 radical (unpaired) electrons. The van der Waals surface area contributed by atoms with Crippen molar-refractivity contribution in [3.63, 3.8) is 0 Å². The number of rotatable bonds is 55. The number of unbranched alkanes of at least 4 members (excludes halogenated alkanes) is 42. The summed E-state index contributed by atoms with van der Waals surface area (Å²) in [6.45, 7) is 4.85. The fourth-order valence-electron chi connectivity index (χ4n) is 9.10. The van der Waals surface area contributed by atoms with Gasteiger partial charge in [0.2, 0.25) is 5.91 Å². The largest absolute Gasteiger partial charge is 0.472 e. The molecule has 0 fully saturated rings. The summed E-state index contributed by atoms with van der Waals surface area (Å²) in [5, 5.41) is 13.9. The Kier molecular flexibility index (Phi) is 49.6. The molecule has 0 aliphatic heterocycles. The molecule has 400 valence electrons. The minimum atomic E-state index is -4.34. The van der Waals surface area contributed by atoms with Crippen LogP contribution in [0.1, 0.15) is 303 Å². The highest BCUT2D eigenvalue weighted by Gasteiger charge is 2.27. The number of phosphoric ester groups is 1. The first-order valence-electron chi connectivity index (χ1n) is 29.6. The SMILES string of the molecule is CCCCCCCCCCCCC/C=C/C(O)C(COP(=O)(O)OCC[N+](C)(C)C)NC(=O)CCCCCCCCCCCCCCCCCCCCCCCCCCCCCCCCCC. The molecule has 0 aliphatic rings. The Hall–Kier alpha value is -0.760. The van der Waals surface area contributed by atoms with Crippen molar-refractivity contribution in [3.8, 4) is 0 Å². The van der Waals surface area contributed by atoms with E-state index in [0.29, 0.717) is 17.4 Å². The van der Waals surface area contributed by atoms with Crippen molar-refractivity contribution in [3.05, 3.63) is 12.2 Å². The summed E-state index contributed by atoms with van der Waals surface area (Å²) in [5.74, 6) is -0.171. The predicted molar refractivity (Wildman–Crippen MR) is 291 cm³/mol. The van der Waals surface area contributed by atoms with Gasteiger partial charge in [-0.1, -0.05) is 289 Å². The number of nitrogens with one attached hydrogen (secondary N) is 1. The molecular weight excluding hydrogens is 852 g/mol. The van der Waals surface area contributed by atoms with Crippen LogP contribution in [0, 0.1) is 0 Å². The van der Waals surface area contributed by atoms with E-state index in [4.69, 9.17) is 9.05 Å². The molecule has 0 aromatic heterocycles. The number of likely N-dealkylation sites (N-methyl/N-ethyl adjacent to an activating group) is 1. The number of phosphoric acid groups is 1. The third-order valence-corrected chi connectivity index (χ3v) is 14.7. The van der Waals surface area contributed by atoms with Gasteiger partial charge in [-0.2, -0.15) is 0 Å². The lowest BCUT2D eigenvalue weighted by molar-refractivity contribution is -0.870. The molecule has 3 unspecified atom stereocenters. The Balaban J connectivity index is 3.96. The first kappa shape index (κ1) is 66.2. The number of hydrogen-bond donors (Lipinski definition) is 3. The second-order valence-corrected chi connectivity index (χ2v) is 23.2. The fraction of sp³-hybridized carbons (Fsp3) is 0.948. The molecule has 8 nitrogen and oxygen atoms in total. The van der Waals surface area contributed by atoms with Gasteiger partial charge >= 0.3 is 7.82 Å². The Morgan fingerprint density at radius 3 is 1.10 bits per heavy atom. The van der Waals surface area contributed by atoms with Crippen molar-refractivity contribution in [2.45, 2.75) is 315 Å². The van der Waals surface area contributed by atoms with Crippen LogP contribution >= 0.6 is 7.82 Å². The molecule has 0 saturated heterocycles. The number of quaternary nitrogens is 1. The summed E-state index contributed by atoms with van der Waals surface area (Å²) >= 11 is 0. The lowest BCUT2D eigenvalue weighted by Crippen LogP contribution is -2.45. The van der Waals surface area contributed by atoms with Crippen LogP contribution in [0.5, 0.6) is 0 Å². The number of nitrogens with zero attached hydrogens (tertiary/aromatic N) is 1. The van der Waals surface area contributed by atoms with E-state index in [0.717, 1.165) is 38.5 Å². The van der Waals surface area contributed by atoms with Crippen LogP contribution in [0.2, 0.25) is 0 Å². The summed E-state index contributed by atoms with van der Waals surface area (Å²) < 4.78 is 23.7. The van der Waals surface area contributed by atoms with Gasteiger partial charge in [0.1, 0.15) is 13.2 Å². The van der Waals surface area contributed by atoms with E-state index in [2.05, 4.69) is 19.2 Å². The van der Waals surface area contributed by atoms with E-state index in [1.807, 2.05) is 27.2 Å². The average molecular weight is 971 g/mol. The third-order valence-electron chi connectivity index (χ3n) is 13.8. The highest BCUT2D eigenvalue weighted by molar-refractivity contribution is 7.47. The zero-order valence-corrected chi connectivity index (χ0v) is 46.6. The molecule has 1 amide bonds. The van der Waals surface area contributed by atoms with Gasteiger partial charge in [-0.25, -0.2) is 4.57 Å². The molecule has 67 heavy (non-hydrogen) atoms. The third kappa shape index (κ3) is 52.9. The number of aliphatic hydroxyl groups is 1. The van der Waals surface area contributed by atoms with Gasteiger partial charge in [0.05, 0.1) is 39.9 Å². The molecule has 0 rings (SSSR count). The average Bonchev–Trinajstić information content (AvgIpc) is 3.29. The maximum Gasteiger partial charge on any atom is 0.472 e.